The number of rotatable bonds is 4. The molecule has 0 amide bonds. The Bertz CT molecular complexity index is 248. The van der Waals surface area contributed by atoms with Crippen LogP contribution in [0.5, 0.6) is 0 Å². The molecule has 0 heterocycles. The van der Waals surface area contributed by atoms with E-state index < -0.39 is 0 Å². The van der Waals surface area contributed by atoms with Gasteiger partial charge in [0.05, 0.1) is 11.1 Å². The van der Waals surface area contributed by atoms with Crippen LogP contribution in [0.1, 0.15) is 32.6 Å². The third-order valence-corrected chi connectivity index (χ3v) is 2.71. The summed E-state index contributed by atoms with van der Waals surface area (Å²) in [5.41, 5.74) is 0. The van der Waals surface area contributed by atoms with Crippen molar-refractivity contribution in [3.8, 4) is 0 Å². The average Bonchev–Trinajstić information content (AvgIpc) is 2.12. The van der Waals surface area contributed by atoms with Crippen molar-refractivity contribution in [2.24, 2.45) is 5.92 Å². The maximum absolute atomic E-state index is 12.8. The van der Waals surface area contributed by atoms with E-state index in [1.807, 2.05) is 6.92 Å². The third-order valence-electron chi connectivity index (χ3n) is 2.41. The van der Waals surface area contributed by atoms with E-state index in [1.165, 1.54) is 6.08 Å². The van der Waals surface area contributed by atoms with Crippen LogP contribution in [0.4, 0.5) is 4.39 Å². The lowest BCUT2D eigenvalue weighted by atomic mass is 9.92. The number of hydrogen-bond donors (Lipinski definition) is 1. The first-order chi connectivity index (χ1) is 6.63. The second kappa shape index (κ2) is 5.52. The van der Waals surface area contributed by atoms with Gasteiger partial charge in [0.25, 0.3) is 0 Å². The van der Waals surface area contributed by atoms with E-state index in [0.717, 1.165) is 12.8 Å². The van der Waals surface area contributed by atoms with Crippen LogP contribution < -0.4 is 0 Å². The molecule has 0 aromatic rings. The van der Waals surface area contributed by atoms with Gasteiger partial charge in [0, 0.05) is 0 Å². The Balaban J connectivity index is 2.42. The average molecular weight is 219 g/mol. The summed E-state index contributed by atoms with van der Waals surface area (Å²) >= 11 is 5.66. The Hall–Kier alpha value is -0.340. The lowest BCUT2D eigenvalue weighted by Gasteiger charge is -2.18. The van der Waals surface area contributed by atoms with Gasteiger partial charge < -0.3 is 5.11 Å². The standard InChI is InChI=1S/C11H16ClFO/c1-2-3-9(14)6-8-4-5-11(13)10(12)7-8/h5,7-9,14H,2-4,6H2,1H3/t8?,9-/m0/s1. The van der Waals surface area contributed by atoms with Gasteiger partial charge in [-0.25, -0.2) is 4.39 Å². The Labute approximate surface area is 89.3 Å². The van der Waals surface area contributed by atoms with Crippen molar-refractivity contribution in [3.63, 3.8) is 0 Å². The highest BCUT2D eigenvalue weighted by molar-refractivity contribution is 6.31. The molecule has 1 N–H and O–H groups in total. The maximum atomic E-state index is 12.8. The van der Waals surface area contributed by atoms with Gasteiger partial charge in [0.2, 0.25) is 0 Å². The topological polar surface area (TPSA) is 20.2 Å². The van der Waals surface area contributed by atoms with Crippen LogP contribution in [0.25, 0.3) is 0 Å². The fourth-order valence-electron chi connectivity index (χ4n) is 1.67. The summed E-state index contributed by atoms with van der Waals surface area (Å²) in [6.07, 6.45) is 5.99. The molecule has 0 aromatic carbocycles. The molecule has 0 spiro atoms. The van der Waals surface area contributed by atoms with Gasteiger partial charge in [0.1, 0.15) is 5.83 Å². The SMILES string of the molecule is CCC[C@H](O)CC1C=C(Cl)C(F)=CC1. The molecule has 0 aromatic heterocycles. The highest BCUT2D eigenvalue weighted by Gasteiger charge is 2.17. The van der Waals surface area contributed by atoms with Crippen molar-refractivity contribution >= 4 is 11.6 Å². The van der Waals surface area contributed by atoms with Crippen LogP contribution in [0.2, 0.25) is 0 Å². The van der Waals surface area contributed by atoms with E-state index in [-0.39, 0.29) is 22.9 Å². The smallest absolute Gasteiger partial charge is 0.137 e. The van der Waals surface area contributed by atoms with E-state index in [4.69, 9.17) is 11.6 Å². The molecular formula is C11H16ClFO. The molecular weight excluding hydrogens is 203 g/mol. The zero-order valence-corrected chi connectivity index (χ0v) is 9.10. The molecule has 0 saturated heterocycles. The van der Waals surface area contributed by atoms with Gasteiger partial charge in [-0.3, -0.25) is 0 Å². The summed E-state index contributed by atoms with van der Waals surface area (Å²) in [6, 6.07) is 0. The molecule has 1 rings (SSSR count). The molecule has 1 nitrogen and oxygen atoms in total. The molecule has 0 radical (unpaired) electrons. The molecule has 80 valence electrons. The van der Waals surface area contributed by atoms with Crippen LogP contribution in [0.3, 0.4) is 0 Å². The predicted molar refractivity (Wildman–Crippen MR) is 56.8 cm³/mol. The molecule has 0 bridgehead atoms. The van der Waals surface area contributed by atoms with Crippen LogP contribution in [0, 0.1) is 5.92 Å². The fourth-order valence-corrected chi connectivity index (χ4v) is 1.93. The molecule has 2 atom stereocenters. The van der Waals surface area contributed by atoms with Crippen LogP contribution in [-0.2, 0) is 0 Å². The molecule has 1 aliphatic carbocycles. The van der Waals surface area contributed by atoms with Crippen LogP contribution >= 0.6 is 11.6 Å². The highest BCUT2D eigenvalue weighted by Crippen LogP contribution is 2.29. The van der Waals surface area contributed by atoms with Crippen molar-refractivity contribution in [1.82, 2.24) is 0 Å². The van der Waals surface area contributed by atoms with Crippen LogP contribution in [-0.4, -0.2) is 11.2 Å². The fraction of sp³-hybridized carbons (Fsp3) is 0.636. The Morgan fingerprint density at radius 3 is 3.00 bits per heavy atom. The summed E-state index contributed by atoms with van der Waals surface area (Å²) in [5, 5.41) is 9.75. The van der Waals surface area contributed by atoms with Crippen molar-refractivity contribution < 1.29 is 9.50 Å². The van der Waals surface area contributed by atoms with Gasteiger partial charge >= 0.3 is 0 Å². The minimum atomic E-state index is -0.340. The lowest BCUT2D eigenvalue weighted by Crippen LogP contribution is -2.13. The Kier molecular flexibility index (Phi) is 4.63. The molecule has 14 heavy (non-hydrogen) atoms. The monoisotopic (exact) mass is 218 g/mol. The van der Waals surface area contributed by atoms with Gasteiger partial charge in [-0.2, -0.15) is 0 Å². The highest BCUT2D eigenvalue weighted by atomic mass is 35.5. The summed E-state index contributed by atoms with van der Waals surface area (Å²) < 4.78 is 12.8. The third kappa shape index (κ3) is 3.43. The molecule has 0 saturated carbocycles. The van der Waals surface area contributed by atoms with Gasteiger partial charge in [-0.1, -0.05) is 31.0 Å². The minimum absolute atomic E-state index is 0.184. The second-order valence-corrected chi connectivity index (χ2v) is 4.15. The molecule has 0 fully saturated rings. The number of aliphatic hydroxyl groups excluding tert-OH is 1. The predicted octanol–water partition coefficient (Wildman–Crippen LogP) is 3.53. The lowest BCUT2D eigenvalue weighted by molar-refractivity contribution is 0.140. The summed E-state index contributed by atoms with van der Waals surface area (Å²) in [6.45, 7) is 2.03. The van der Waals surface area contributed by atoms with Crippen molar-refractivity contribution in [3.05, 3.63) is 23.0 Å². The first-order valence-electron chi connectivity index (χ1n) is 5.05. The molecule has 3 heteroatoms. The minimum Gasteiger partial charge on any atom is -0.393 e. The van der Waals surface area contributed by atoms with Crippen molar-refractivity contribution in [2.45, 2.75) is 38.7 Å². The number of aliphatic hydroxyl groups is 1. The van der Waals surface area contributed by atoms with Gasteiger partial charge in [0.15, 0.2) is 0 Å². The van der Waals surface area contributed by atoms with E-state index in [9.17, 15) is 9.50 Å². The first kappa shape index (κ1) is 11.7. The Morgan fingerprint density at radius 1 is 1.71 bits per heavy atom. The first-order valence-corrected chi connectivity index (χ1v) is 5.42. The molecule has 1 aliphatic rings. The zero-order chi connectivity index (χ0) is 10.6. The molecule has 1 unspecified atom stereocenters. The number of hydrogen-bond acceptors (Lipinski definition) is 1. The maximum Gasteiger partial charge on any atom is 0.137 e. The number of allylic oxidation sites excluding steroid dienone is 4. The Morgan fingerprint density at radius 2 is 2.43 bits per heavy atom. The van der Waals surface area contributed by atoms with E-state index in [0.29, 0.717) is 12.8 Å². The summed E-state index contributed by atoms with van der Waals surface area (Å²) in [4.78, 5) is 0. The van der Waals surface area contributed by atoms with Gasteiger partial charge in [-0.15, -0.1) is 0 Å². The second-order valence-electron chi connectivity index (χ2n) is 3.74. The quantitative estimate of drug-likeness (QED) is 0.766. The summed E-state index contributed by atoms with van der Waals surface area (Å²) in [5.74, 6) is -0.156. The van der Waals surface area contributed by atoms with E-state index >= 15 is 0 Å². The van der Waals surface area contributed by atoms with Crippen molar-refractivity contribution in [2.75, 3.05) is 0 Å². The molecule has 0 aliphatic heterocycles. The largest absolute Gasteiger partial charge is 0.393 e. The van der Waals surface area contributed by atoms with Gasteiger partial charge in [-0.05, 0) is 31.3 Å². The normalized spacial score (nSPS) is 24.1. The van der Waals surface area contributed by atoms with E-state index in [1.54, 1.807) is 6.08 Å². The van der Waals surface area contributed by atoms with Crippen molar-refractivity contribution in [1.29, 1.82) is 0 Å². The zero-order valence-electron chi connectivity index (χ0n) is 8.34. The summed E-state index contributed by atoms with van der Waals surface area (Å²) in [7, 11) is 0. The van der Waals surface area contributed by atoms with Crippen LogP contribution in [0.15, 0.2) is 23.0 Å². The van der Waals surface area contributed by atoms with E-state index in [2.05, 4.69) is 0 Å². The number of halogens is 2.